The van der Waals surface area contributed by atoms with Gasteiger partial charge in [-0.05, 0) is 30.2 Å². The molecule has 0 amide bonds. The fourth-order valence-corrected chi connectivity index (χ4v) is 2.04. The standard InChI is InChI=1S/C13H18N2O/c1-4-12(14)11-8-15(2)13-6-5-9(16-3)7-10(11)13/h5-8,12H,4,14H2,1-3H3. The lowest BCUT2D eigenvalue weighted by molar-refractivity contribution is 0.415. The van der Waals surface area contributed by atoms with Crippen LogP contribution < -0.4 is 10.5 Å². The monoisotopic (exact) mass is 218 g/mol. The Bertz CT molecular complexity index is 502. The molecule has 0 aliphatic rings. The molecule has 0 aliphatic heterocycles. The number of hydrogen-bond donors (Lipinski definition) is 1. The maximum absolute atomic E-state index is 6.11. The van der Waals surface area contributed by atoms with E-state index in [2.05, 4.69) is 29.8 Å². The summed E-state index contributed by atoms with van der Waals surface area (Å²) in [6, 6.07) is 6.19. The van der Waals surface area contributed by atoms with E-state index in [1.807, 2.05) is 13.1 Å². The highest BCUT2D eigenvalue weighted by Crippen LogP contribution is 2.29. The van der Waals surface area contributed by atoms with Crippen molar-refractivity contribution in [1.29, 1.82) is 0 Å². The quantitative estimate of drug-likeness (QED) is 0.860. The fourth-order valence-electron chi connectivity index (χ4n) is 2.04. The first-order chi connectivity index (χ1) is 7.67. The molecule has 3 heteroatoms. The summed E-state index contributed by atoms with van der Waals surface area (Å²) in [4.78, 5) is 0. The molecule has 0 saturated carbocycles. The summed E-state index contributed by atoms with van der Waals surface area (Å²) in [5, 5.41) is 1.19. The van der Waals surface area contributed by atoms with E-state index >= 15 is 0 Å². The van der Waals surface area contributed by atoms with Crippen LogP contribution in [0.3, 0.4) is 0 Å². The van der Waals surface area contributed by atoms with Gasteiger partial charge in [0.25, 0.3) is 0 Å². The van der Waals surface area contributed by atoms with Gasteiger partial charge in [0.05, 0.1) is 7.11 Å². The van der Waals surface area contributed by atoms with Crippen LogP contribution in [0.4, 0.5) is 0 Å². The minimum atomic E-state index is 0.0933. The van der Waals surface area contributed by atoms with E-state index in [4.69, 9.17) is 10.5 Å². The maximum atomic E-state index is 6.11. The van der Waals surface area contributed by atoms with Crippen LogP contribution in [0.5, 0.6) is 5.75 Å². The van der Waals surface area contributed by atoms with Gasteiger partial charge in [0.2, 0.25) is 0 Å². The maximum Gasteiger partial charge on any atom is 0.119 e. The van der Waals surface area contributed by atoms with Crippen molar-refractivity contribution in [2.75, 3.05) is 7.11 Å². The predicted octanol–water partition coefficient (Wildman–Crippen LogP) is 2.60. The molecule has 1 aromatic carbocycles. The van der Waals surface area contributed by atoms with Gasteiger partial charge in [0.15, 0.2) is 0 Å². The fraction of sp³-hybridized carbons (Fsp3) is 0.385. The zero-order valence-electron chi connectivity index (χ0n) is 10.0. The van der Waals surface area contributed by atoms with Gasteiger partial charge in [-0.2, -0.15) is 0 Å². The third-order valence-electron chi connectivity index (χ3n) is 3.07. The largest absolute Gasteiger partial charge is 0.497 e. The number of ether oxygens (including phenoxy) is 1. The molecule has 0 fully saturated rings. The van der Waals surface area contributed by atoms with Crippen molar-refractivity contribution < 1.29 is 4.74 Å². The minimum Gasteiger partial charge on any atom is -0.497 e. The molecule has 0 bridgehead atoms. The van der Waals surface area contributed by atoms with Gasteiger partial charge in [-0.1, -0.05) is 6.92 Å². The zero-order chi connectivity index (χ0) is 11.7. The van der Waals surface area contributed by atoms with Crippen LogP contribution in [0, 0.1) is 0 Å². The predicted molar refractivity (Wildman–Crippen MR) is 66.7 cm³/mol. The average Bonchev–Trinajstić information content (AvgIpc) is 2.65. The normalized spacial score (nSPS) is 13.0. The third-order valence-corrected chi connectivity index (χ3v) is 3.07. The second-order valence-corrected chi connectivity index (χ2v) is 4.09. The molecule has 1 heterocycles. The Labute approximate surface area is 95.8 Å². The molecular weight excluding hydrogens is 200 g/mol. The van der Waals surface area contributed by atoms with Gasteiger partial charge in [0, 0.05) is 30.2 Å². The van der Waals surface area contributed by atoms with Crippen LogP contribution >= 0.6 is 0 Å². The number of hydrogen-bond acceptors (Lipinski definition) is 2. The molecule has 1 atom stereocenters. The molecule has 2 aromatic rings. The van der Waals surface area contributed by atoms with Crippen molar-refractivity contribution in [3.8, 4) is 5.75 Å². The molecule has 86 valence electrons. The van der Waals surface area contributed by atoms with E-state index in [9.17, 15) is 0 Å². The summed E-state index contributed by atoms with van der Waals surface area (Å²) >= 11 is 0. The van der Waals surface area contributed by atoms with E-state index in [1.165, 1.54) is 16.5 Å². The lowest BCUT2D eigenvalue weighted by Gasteiger charge is -2.07. The van der Waals surface area contributed by atoms with Gasteiger partial charge in [-0.3, -0.25) is 0 Å². The van der Waals surface area contributed by atoms with Gasteiger partial charge in [-0.15, -0.1) is 0 Å². The Morgan fingerprint density at radius 2 is 2.19 bits per heavy atom. The van der Waals surface area contributed by atoms with Gasteiger partial charge in [-0.25, -0.2) is 0 Å². The summed E-state index contributed by atoms with van der Waals surface area (Å²) in [6.45, 7) is 2.10. The first-order valence-corrected chi connectivity index (χ1v) is 5.56. The zero-order valence-corrected chi connectivity index (χ0v) is 10.0. The molecule has 0 aliphatic carbocycles. The highest BCUT2D eigenvalue weighted by atomic mass is 16.5. The SMILES string of the molecule is CCC(N)c1cn(C)c2ccc(OC)cc12. The number of benzene rings is 1. The molecule has 1 aromatic heterocycles. The molecule has 3 nitrogen and oxygen atoms in total. The van der Waals surface area contributed by atoms with Crippen LogP contribution in [0.1, 0.15) is 24.9 Å². The van der Waals surface area contributed by atoms with Crippen LogP contribution in [0.25, 0.3) is 10.9 Å². The van der Waals surface area contributed by atoms with Crippen molar-refractivity contribution in [3.63, 3.8) is 0 Å². The molecular formula is C13H18N2O. The van der Waals surface area contributed by atoms with Gasteiger partial charge >= 0.3 is 0 Å². The summed E-state index contributed by atoms with van der Waals surface area (Å²) in [5.41, 5.74) is 8.50. The van der Waals surface area contributed by atoms with Crippen LogP contribution in [0.2, 0.25) is 0 Å². The van der Waals surface area contributed by atoms with Gasteiger partial charge in [0.1, 0.15) is 5.75 Å². The molecule has 1 unspecified atom stereocenters. The molecule has 0 saturated heterocycles. The van der Waals surface area contributed by atoms with Crippen molar-refractivity contribution in [2.45, 2.75) is 19.4 Å². The smallest absolute Gasteiger partial charge is 0.119 e. The first-order valence-electron chi connectivity index (χ1n) is 5.56. The van der Waals surface area contributed by atoms with E-state index in [1.54, 1.807) is 7.11 Å². The van der Waals surface area contributed by atoms with Crippen molar-refractivity contribution >= 4 is 10.9 Å². The van der Waals surface area contributed by atoms with Crippen LogP contribution in [0.15, 0.2) is 24.4 Å². The summed E-state index contributed by atoms with van der Waals surface area (Å²) < 4.78 is 7.36. The minimum absolute atomic E-state index is 0.0933. The van der Waals surface area contributed by atoms with Crippen molar-refractivity contribution in [3.05, 3.63) is 30.0 Å². The molecule has 2 N–H and O–H groups in total. The van der Waals surface area contributed by atoms with Crippen molar-refractivity contribution in [2.24, 2.45) is 12.8 Å². The summed E-state index contributed by atoms with van der Waals surface area (Å²) in [6.07, 6.45) is 3.05. The van der Waals surface area contributed by atoms with E-state index < -0.39 is 0 Å². The summed E-state index contributed by atoms with van der Waals surface area (Å²) in [5.74, 6) is 0.878. The Kier molecular flexibility index (Phi) is 2.88. The van der Waals surface area contributed by atoms with Gasteiger partial charge < -0.3 is 15.0 Å². The molecule has 16 heavy (non-hydrogen) atoms. The number of fused-ring (bicyclic) bond motifs is 1. The highest BCUT2D eigenvalue weighted by Gasteiger charge is 2.12. The van der Waals surface area contributed by atoms with Crippen LogP contribution in [-0.4, -0.2) is 11.7 Å². The number of nitrogens with zero attached hydrogens (tertiary/aromatic N) is 1. The third kappa shape index (κ3) is 1.67. The topological polar surface area (TPSA) is 40.2 Å². The highest BCUT2D eigenvalue weighted by molar-refractivity contribution is 5.85. The Hall–Kier alpha value is -1.48. The number of rotatable bonds is 3. The molecule has 0 spiro atoms. The molecule has 2 rings (SSSR count). The van der Waals surface area contributed by atoms with E-state index in [0.717, 1.165) is 12.2 Å². The average molecular weight is 218 g/mol. The summed E-state index contributed by atoms with van der Waals surface area (Å²) in [7, 11) is 3.73. The Morgan fingerprint density at radius 3 is 2.81 bits per heavy atom. The number of aromatic nitrogens is 1. The number of nitrogens with two attached hydrogens (primary N) is 1. The van der Waals surface area contributed by atoms with Crippen molar-refractivity contribution in [1.82, 2.24) is 4.57 Å². The second-order valence-electron chi connectivity index (χ2n) is 4.09. The Balaban J connectivity index is 2.65. The second kappa shape index (κ2) is 4.18. The lowest BCUT2D eigenvalue weighted by Crippen LogP contribution is -2.07. The van der Waals surface area contributed by atoms with Crippen LogP contribution in [-0.2, 0) is 7.05 Å². The van der Waals surface area contributed by atoms with E-state index in [0.29, 0.717) is 0 Å². The number of aryl methyl sites for hydroxylation is 1. The Morgan fingerprint density at radius 1 is 1.44 bits per heavy atom. The molecule has 0 radical (unpaired) electrons. The van der Waals surface area contributed by atoms with E-state index in [-0.39, 0.29) is 6.04 Å². The first kappa shape index (κ1) is 11.0. The lowest BCUT2D eigenvalue weighted by atomic mass is 10.0. The number of methoxy groups -OCH3 is 1.